The van der Waals surface area contributed by atoms with E-state index in [2.05, 4.69) is 41.3 Å². The Morgan fingerprint density at radius 2 is 1.96 bits per heavy atom. The summed E-state index contributed by atoms with van der Waals surface area (Å²) >= 11 is 3.73. The van der Waals surface area contributed by atoms with Crippen molar-refractivity contribution in [3.8, 4) is 0 Å². The number of likely N-dealkylation sites (tertiary alicyclic amines) is 1. The van der Waals surface area contributed by atoms with Crippen molar-refractivity contribution in [3.05, 3.63) is 61.2 Å². The molecule has 1 aromatic rings. The number of nitrogens with one attached hydrogen (secondary N) is 1. The summed E-state index contributed by atoms with van der Waals surface area (Å²) in [6.07, 6.45) is 7.58. The average Bonchev–Trinajstić information content (AvgIpc) is 3.65. The zero-order valence-electron chi connectivity index (χ0n) is 26.8. The minimum Gasteiger partial charge on any atom is -0.463 e. The summed E-state index contributed by atoms with van der Waals surface area (Å²) in [4.78, 5) is 58.4. The fourth-order valence-corrected chi connectivity index (χ4v) is 8.10. The van der Waals surface area contributed by atoms with Crippen LogP contribution in [0.2, 0.25) is 0 Å². The first kappa shape index (κ1) is 35.8. The molecule has 10 nitrogen and oxygen atoms in total. The van der Waals surface area contributed by atoms with Gasteiger partial charge in [0.2, 0.25) is 17.7 Å². The van der Waals surface area contributed by atoms with E-state index in [1.165, 1.54) is 0 Å². The van der Waals surface area contributed by atoms with E-state index in [1.807, 2.05) is 30.3 Å². The molecule has 11 heteroatoms. The average molecular weight is 703 g/mol. The predicted molar refractivity (Wildman–Crippen MR) is 178 cm³/mol. The van der Waals surface area contributed by atoms with Crippen molar-refractivity contribution in [1.29, 1.82) is 0 Å². The lowest BCUT2D eigenvalue weighted by Gasteiger charge is -2.37. The molecule has 3 aliphatic heterocycles. The Balaban J connectivity index is 1.64. The Morgan fingerprint density at radius 1 is 1.20 bits per heavy atom. The molecule has 0 aliphatic carbocycles. The van der Waals surface area contributed by atoms with Gasteiger partial charge in [-0.25, -0.2) is 0 Å². The van der Waals surface area contributed by atoms with Crippen molar-refractivity contribution in [2.45, 2.75) is 86.9 Å². The number of aliphatic hydroxyl groups excluding tert-OH is 1. The normalized spacial score (nSPS) is 26.8. The van der Waals surface area contributed by atoms with Gasteiger partial charge in [-0.15, -0.1) is 13.2 Å². The number of allylic oxidation sites excluding steroid dienone is 1. The Morgan fingerprint density at radius 3 is 2.63 bits per heavy atom. The van der Waals surface area contributed by atoms with Gasteiger partial charge in [-0.3, -0.25) is 19.2 Å². The Labute approximate surface area is 280 Å². The molecular formula is C35H48BrN3O7. The number of ether oxygens (including phenoxy) is 2. The van der Waals surface area contributed by atoms with Crippen LogP contribution in [0.3, 0.4) is 0 Å². The highest BCUT2D eigenvalue weighted by molar-refractivity contribution is 9.09. The zero-order valence-corrected chi connectivity index (χ0v) is 28.4. The zero-order chi connectivity index (χ0) is 33.3. The maximum Gasteiger partial charge on any atom is 0.306 e. The monoisotopic (exact) mass is 701 g/mol. The number of amides is 3. The molecule has 4 rings (SSSR count). The SMILES string of the molecule is C=CCCC(=O)OC[C@@H](NC(=O)[C@H]1[C@@H]2O[C@@]3(CC2Br)[C@@H]1C(=O)N(CCCCO)[C@@H]3C(=O)N(CC=C)CCCCC)c1ccccc1. The van der Waals surface area contributed by atoms with Crippen LogP contribution in [-0.4, -0.2) is 94.0 Å². The number of esters is 1. The number of aliphatic hydroxyl groups is 1. The molecule has 3 saturated heterocycles. The van der Waals surface area contributed by atoms with E-state index >= 15 is 0 Å². The van der Waals surface area contributed by atoms with Crippen molar-refractivity contribution >= 4 is 39.6 Å². The van der Waals surface area contributed by atoms with E-state index in [9.17, 15) is 24.3 Å². The van der Waals surface area contributed by atoms with Crippen molar-refractivity contribution in [3.63, 3.8) is 0 Å². The lowest BCUT2D eigenvalue weighted by Crippen LogP contribution is -2.57. The third kappa shape index (κ3) is 7.58. The highest BCUT2D eigenvalue weighted by Gasteiger charge is 2.76. The minimum atomic E-state index is -1.18. The number of benzene rings is 1. The second-order valence-corrected chi connectivity index (χ2v) is 13.6. The van der Waals surface area contributed by atoms with Gasteiger partial charge in [-0.2, -0.15) is 0 Å². The highest BCUT2D eigenvalue weighted by Crippen LogP contribution is 2.60. The molecule has 3 amide bonds. The summed E-state index contributed by atoms with van der Waals surface area (Å²) in [6, 6.07) is 7.69. The fraction of sp³-hybridized carbons (Fsp3) is 0.600. The number of carbonyl (C=O) groups is 4. The quantitative estimate of drug-likeness (QED) is 0.0964. The number of hydrogen-bond donors (Lipinski definition) is 2. The first-order valence-electron chi connectivity index (χ1n) is 16.5. The summed E-state index contributed by atoms with van der Waals surface area (Å²) in [5, 5.41) is 12.5. The minimum absolute atomic E-state index is 0.0268. The third-order valence-electron chi connectivity index (χ3n) is 9.31. The van der Waals surface area contributed by atoms with Gasteiger partial charge in [0, 0.05) is 37.5 Å². The van der Waals surface area contributed by atoms with Crippen LogP contribution in [0.15, 0.2) is 55.6 Å². The number of carbonyl (C=O) groups excluding carboxylic acids is 4. The molecule has 7 atom stereocenters. The molecule has 3 heterocycles. The molecule has 46 heavy (non-hydrogen) atoms. The Bertz CT molecular complexity index is 1250. The molecule has 1 unspecified atom stereocenters. The molecule has 1 spiro atoms. The van der Waals surface area contributed by atoms with Gasteiger partial charge in [0.15, 0.2) is 0 Å². The van der Waals surface area contributed by atoms with Gasteiger partial charge in [-0.05, 0) is 37.7 Å². The molecule has 252 valence electrons. The van der Waals surface area contributed by atoms with E-state index in [0.29, 0.717) is 38.8 Å². The van der Waals surface area contributed by atoms with Crippen LogP contribution < -0.4 is 5.32 Å². The summed E-state index contributed by atoms with van der Waals surface area (Å²) in [6.45, 7) is 10.6. The van der Waals surface area contributed by atoms with Crippen LogP contribution in [0.5, 0.6) is 0 Å². The summed E-state index contributed by atoms with van der Waals surface area (Å²) < 4.78 is 12.2. The number of nitrogens with zero attached hydrogens (tertiary/aromatic N) is 2. The van der Waals surface area contributed by atoms with Gasteiger partial charge in [0.1, 0.15) is 18.2 Å². The maximum atomic E-state index is 14.4. The molecule has 0 radical (unpaired) electrons. The number of halogens is 1. The van der Waals surface area contributed by atoms with Crippen LogP contribution in [0.25, 0.3) is 0 Å². The molecule has 0 aromatic heterocycles. The van der Waals surface area contributed by atoms with Crippen molar-refractivity contribution in [2.75, 3.05) is 32.8 Å². The largest absolute Gasteiger partial charge is 0.463 e. The lowest BCUT2D eigenvalue weighted by atomic mass is 9.70. The number of alkyl halides is 1. The van der Waals surface area contributed by atoms with Crippen LogP contribution >= 0.6 is 15.9 Å². The smallest absolute Gasteiger partial charge is 0.306 e. The molecule has 2 N–H and O–H groups in total. The topological polar surface area (TPSA) is 125 Å². The second-order valence-electron chi connectivity index (χ2n) is 12.4. The van der Waals surface area contributed by atoms with Crippen molar-refractivity contribution in [1.82, 2.24) is 15.1 Å². The van der Waals surface area contributed by atoms with Gasteiger partial charge < -0.3 is 29.7 Å². The number of hydrogen-bond acceptors (Lipinski definition) is 7. The van der Waals surface area contributed by atoms with E-state index in [4.69, 9.17) is 9.47 Å². The molecule has 3 aliphatic rings. The van der Waals surface area contributed by atoms with Gasteiger partial charge in [-0.1, -0.05) is 78.2 Å². The molecule has 3 fully saturated rings. The number of rotatable bonds is 19. The molecule has 2 bridgehead atoms. The van der Waals surface area contributed by atoms with Crippen molar-refractivity contribution in [2.24, 2.45) is 11.8 Å². The predicted octanol–water partition coefficient (Wildman–Crippen LogP) is 4.08. The summed E-state index contributed by atoms with van der Waals surface area (Å²) in [7, 11) is 0. The van der Waals surface area contributed by atoms with Crippen molar-refractivity contribution < 1.29 is 33.8 Å². The van der Waals surface area contributed by atoms with Crippen LogP contribution in [0, 0.1) is 11.8 Å². The van der Waals surface area contributed by atoms with Crippen LogP contribution in [0.4, 0.5) is 0 Å². The molecule has 1 aromatic carbocycles. The Hall–Kier alpha value is -3.02. The van der Waals surface area contributed by atoms with Crippen LogP contribution in [-0.2, 0) is 28.7 Å². The molecule has 0 saturated carbocycles. The van der Waals surface area contributed by atoms with E-state index in [0.717, 1.165) is 24.8 Å². The van der Waals surface area contributed by atoms with E-state index < -0.39 is 41.6 Å². The fourth-order valence-electron chi connectivity index (χ4n) is 7.16. The first-order valence-corrected chi connectivity index (χ1v) is 17.4. The van der Waals surface area contributed by atoms with Gasteiger partial charge in [0.05, 0.1) is 24.0 Å². The van der Waals surface area contributed by atoms with E-state index in [1.54, 1.807) is 22.0 Å². The summed E-state index contributed by atoms with van der Waals surface area (Å²) in [5.41, 5.74) is -0.428. The third-order valence-corrected chi connectivity index (χ3v) is 10.2. The first-order chi connectivity index (χ1) is 22.2. The second kappa shape index (κ2) is 16.7. The highest BCUT2D eigenvalue weighted by atomic mass is 79.9. The van der Waals surface area contributed by atoms with E-state index in [-0.39, 0.29) is 48.7 Å². The number of unbranched alkanes of at least 4 members (excludes halogenated alkanes) is 3. The maximum absolute atomic E-state index is 14.4. The number of fused-ring (bicyclic) bond motifs is 1. The Kier molecular flexibility index (Phi) is 13.0. The molecular weight excluding hydrogens is 654 g/mol. The standard InChI is InChI=1S/C35H48BrN3O7/c1-4-7-12-19-38(18-6-3)34(44)31-35-22-25(36)30(46-35)28(29(35)33(43)39(31)20-13-14-21-40)32(42)37-26(24-15-10-9-11-16-24)23-45-27(41)17-8-5-2/h5-6,9-11,15-16,25-26,28-31,40H,2-4,7-8,12-14,17-23H2,1H3,(H,37,42)/t25?,26-,28-,29+,30-,31-,35+/m1/s1. The van der Waals surface area contributed by atoms with Gasteiger partial charge in [0.25, 0.3) is 0 Å². The van der Waals surface area contributed by atoms with Gasteiger partial charge >= 0.3 is 5.97 Å². The lowest BCUT2D eigenvalue weighted by molar-refractivity contribution is -0.148. The van der Waals surface area contributed by atoms with Crippen LogP contribution in [0.1, 0.15) is 69.9 Å². The summed E-state index contributed by atoms with van der Waals surface area (Å²) in [5.74, 6) is -2.99.